The zero-order valence-corrected chi connectivity index (χ0v) is 13.2. The molecular formula is C17H31NO. The lowest BCUT2D eigenvalue weighted by molar-refractivity contribution is 0.0397. The molecule has 1 N–H and O–H groups in total. The van der Waals surface area contributed by atoms with Crippen LogP contribution in [0.4, 0.5) is 0 Å². The van der Waals surface area contributed by atoms with E-state index in [1.807, 2.05) is 0 Å². The summed E-state index contributed by atoms with van der Waals surface area (Å²) in [5.74, 6) is 1.75. The molecule has 2 bridgehead atoms. The molecule has 1 saturated heterocycles. The highest BCUT2D eigenvalue weighted by Gasteiger charge is 2.59. The van der Waals surface area contributed by atoms with Gasteiger partial charge in [0.2, 0.25) is 0 Å². The van der Waals surface area contributed by atoms with Gasteiger partial charge in [0, 0.05) is 25.3 Å². The second-order valence-corrected chi connectivity index (χ2v) is 8.25. The molecule has 0 aromatic carbocycles. The zero-order valence-electron chi connectivity index (χ0n) is 13.2. The molecule has 2 nitrogen and oxygen atoms in total. The summed E-state index contributed by atoms with van der Waals surface area (Å²) in [6.45, 7) is 11.8. The molecule has 0 radical (unpaired) electrons. The van der Waals surface area contributed by atoms with Crippen molar-refractivity contribution in [1.82, 2.24) is 5.32 Å². The fraction of sp³-hybridized carbons (Fsp3) is 1.00. The number of hydrogen-bond acceptors (Lipinski definition) is 2. The number of rotatable bonds is 3. The summed E-state index contributed by atoms with van der Waals surface area (Å²) in [5, 5.41) is 4.06. The molecule has 0 amide bonds. The molecular weight excluding hydrogens is 234 g/mol. The van der Waals surface area contributed by atoms with Crippen molar-refractivity contribution < 1.29 is 4.74 Å². The lowest BCUT2D eigenvalue weighted by atomic mass is 9.68. The monoisotopic (exact) mass is 265 g/mol. The van der Waals surface area contributed by atoms with Crippen LogP contribution in [-0.4, -0.2) is 25.3 Å². The quantitative estimate of drug-likeness (QED) is 0.842. The minimum atomic E-state index is 0.479. The average Bonchev–Trinajstić information content (AvgIpc) is 2.87. The highest BCUT2D eigenvalue weighted by atomic mass is 16.5. The van der Waals surface area contributed by atoms with Crippen LogP contribution in [0.25, 0.3) is 0 Å². The Labute approximate surface area is 118 Å². The van der Waals surface area contributed by atoms with Crippen LogP contribution in [0.2, 0.25) is 0 Å². The van der Waals surface area contributed by atoms with E-state index in [0.717, 1.165) is 25.0 Å². The van der Waals surface area contributed by atoms with Crippen molar-refractivity contribution in [1.29, 1.82) is 0 Å². The number of hydrogen-bond donors (Lipinski definition) is 1. The average molecular weight is 265 g/mol. The maximum Gasteiger partial charge on any atom is 0.0469 e. The second kappa shape index (κ2) is 4.73. The number of fused-ring (bicyclic) bond motifs is 2. The van der Waals surface area contributed by atoms with E-state index in [9.17, 15) is 0 Å². The topological polar surface area (TPSA) is 21.3 Å². The number of nitrogens with one attached hydrogen (secondary N) is 1. The smallest absolute Gasteiger partial charge is 0.0469 e. The minimum absolute atomic E-state index is 0.479. The molecule has 2 unspecified atom stereocenters. The lowest BCUT2D eigenvalue weighted by Gasteiger charge is -2.46. The van der Waals surface area contributed by atoms with E-state index in [4.69, 9.17) is 4.74 Å². The van der Waals surface area contributed by atoms with Crippen LogP contribution in [0.15, 0.2) is 0 Å². The van der Waals surface area contributed by atoms with Gasteiger partial charge in [0.15, 0.2) is 0 Å². The third kappa shape index (κ3) is 2.25. The summed E-state index contributed by atoms with van der Waals surface area (Å²) in [4.78, 5) is 0. The fourth-order valence-electron chi connectivity index (χ4n) is 5.33. The molecule has 0 spiro atoms. The summed E-state index contributed by atoms with van der Waals surface area (Å²) in [5.41, 5.74) is 1.03. The summed E-state index contributed by atoms with van der Waals surface area (Å²) in [6.07, 6.45) is 6.80. The summed E-state index contributed by atoms with van der Waals surface area (Å²) >= 11 is 0. The maximum atomic E-state index is 5.50. The predicted molar refractivity (Wildman–Crippen MR) is 79.2 cm³/mol. The molecule has 2 saturated carbocycles. The third-order valence-electron chi connectivity index (χ3n) is 6.67. The Bertz CT molecular complexity index is 329. The molecule has 3 rings (SSSR count). The third-order valence-corrected chi connectivity index (χ3v) is 6.67. The van der Waals surface area contributed by atoms with Crippen LogP contribution in [0, 0.1) is 22.7 Å². The van der Waals surface area contributed by atoms with Gasteiger partial charge in [-0.05, 0) is 61.7 Å². The zero-order chi connectivity index (χ0) is 13.7. The maximum absolute atomic E-state index is 5.50. The van der Waals surface area contributed by atoms with E-state index in [2.05, 4.69) is 33.0 Å². The fourth-order valence-corrected chi connectivity index (χ4v) is 5.33. The van der Waals surface area contributed by atoms with Crippen LogP contribution in [0.5, 0.6) is 0 Å². The van der Waals surface area contributed by atoms with Gasteiger partial charge in [-0.25, -0.2) is 0 Å². The van der Waals surface area contributed by atoms with Gasteiger partial charge in [-0.2, -0.15) is 0 Å². The Hall–Kier alpha value is -0.0800. The Morgan fingerprint density at radius 3 is 2.37 bits per heavy atom. The van der Waals surface area contributed by atoms with E-state index < -0.39 is 0 Å². The van der Waals surface area contributed by atoms with Gasteiger partial charge in [0.1, 0.15) is 0 Å². The van der Waals surface area contributed by atoms with Crippen LogP contribution >= 0.6 is 0 Å². The highest BCUT2D eigenvalue weighted by Crippen LogP contribution is 2.62. The summed E-state index contributed by atoms with van der Waals surface area (Å²) in [7, 11) is 0. The van der Waals surface area contributed by atoms with Gasteiger partial charge in [0.05, 0.1) is 0 Å². The summed E-state index contributed by atoms with van der Waals surface area (Å²) < 4.78 is 5.50. The van der Waals surface area contributed by atoms with Crippen molar-refractivity contribution in [3.05, 3.63) is 0 Å². The minimum Gasteiger partial charge on any atom is -0.381 e. The van der Waals surface area contributed by atoms with Crippen molar-refractivity contribution in [2.45, 2.75) is 71.9 Å². The van der Waals surface area contributed by atoms with Crippen molar-refractivity contribution in [2.75, 3.05) is 13.2 Å². The first-order valence-electron chi connectivity index (χ1n) is 8.27. The molecule has 4 atom stereocenters. The SMILES string of the molecule is CC(NC1C(C)(C)[C@H]2CC[C@]1(C)C2)C1CCOCC1. The molecule has 1 heterocycles. The van der Waals surface area contributed by atoms with Gasteiger partial charge in [-0.15, -0.1) is 0 Å². The van der Waals surface area contributed by atoms with Gasteiger partial charge < -0.3 is 10.1 Å². The molecule has 2 heteroatoms. The van der Waals surface area contributed by atoms with Crippen LogP contribution < -0.4 is 5.32 Å². The van der Waals surface area contributed by atoms with E-state index in [0.29, 0.717) is 22.9 Å². The van der Waals surface area contributed by atoms with Crippen molar-refractivity contribution in [3.63, 3.8) is 0 Å². The van der Waals surface area contributed by atoms with Crippen LogP contribution in [-0.2, 0) is 4.74 Å². The lowest BCUT2D eigenvalue weighted by Crippen LogP contribution is -2.55. The number of ether oxygens (including phenoxy) is 1. The van der Waals surface area contributed by atoms with E-state index in [1.54, 1.807) is 0 Å². The van der Waals surface area contributed by atoms with Crippen molar-refractivity contribution >= 4 is 0 Å². The summed E-state index contributed by atoms with van der Waals surface area (Å²) in [6, 6.07) is 1.35. The van der Waals surface area contributed by atoms with Crippen LogP contribution in [0.3, 0.4) is 0 Å². The van der Waals surface area contributed by atoms with Crippen molar-refractivity contribution in [2.24, 2.45) is 22.7 Å². The molecule has 0 aromatic heterocycles. The highest BCUT2D eigenvalue weighted by molar-refractivity contribution is 5.12. The Kier molecular flexibility index (Phi) is 3.46. The van der Waals surface area contributed by atoms with E-state index in [-0.39, 0.29) is 0 Å². The molecule has 3 aliphatic rings. The Morgan fingerprint density at radius 1 is 1.11 bits per heavy atom. The van der Waals surface area contributed by atoms with Crippen molar-refractivity contribution in [3.8, 4) is 0 Å². The van der Waals surface area contributed by atoms with Gasteiger partial charge in [-0.3, -0.25) is 0 Å². The van der Waals surface area contributed by atoms with E-state index >= 15 is 0 Å². The van der Waals surface area contributed by atoms with Gasteiger partial charge >= 0.3 is 0 Å². The van der Waals surface area contributed by atoms with E-state index in [1.165, 1.54) is 32.1 Å². The molecule has 3 fully saturated rings. The Balaban J connectivity index is 1.68. The van der Waals surface area contributed by atoms with Crippen LogP contribution in [0.1, 0.15) is 59.8 Å². The molecule has 19 heavy (non-hydrogen) atoms. The second-order valence-electron chi connectivity index (χ2n) is 8.25. The largest absolute Gasteiger partial charge is 0.381 e. The molecule has 110 valence electrons. The predicted octanol–water partition coefficient (Wildman–Crippen LogP) is 3.61. The molecule has 1 aliphatic heterocycles. The normalized spacial score (nSPS) is 43.6. The Morgan fingerprint density at radius 2 is 1.79 bits per heavy atom. The van der Waals surface area contributed by atoms with Gasteiger partial charge in [-0.1, -0.05) is 20.8 Å². The first-order valence-corrected chi connectivity index (χ1v) is 8.27. The van der Waals surface area contributed by atoms with Gasteiger partial charge in [0.25, 0.3) is 0 Å². The first-order chi connectivity index (χ1) is 8.93. The molecule has 2 aliphatic carbocycles. The molecule has 0 aromatic rings. The first kappa shape index (κ1) is 13.9. The standard InChI is InChI=1S/C17H31NO/c1-12(13-6-9-19-10-7-13)18-15-16(2,3)14-5-8-17(15,4)11-14/h12-15,18H,5-11H2,1-4H3/t12?,14-,15?,17+/m0/s1.